The third kappa shape index (κ3) is 13.0. The number of hydrogen-bond acceptors (Lipinski definition) is 6. The molecule has 0 aliphatic rings. The molecular formula is C12H20O7S. The Labute approximate surface area is 118 Å². The first-order valence-corrected chi connectivity index (χ1v) is 7.76. The van der Waals surface area contributed by atoms with Crippen LogP contribution in [0.4, 0.5) is 0 Å². The van der Waals surface area contributed by atoms with Crippen molar-refractivity contribution in [2.75, 3.05) is 0 Å². The molecule has 0 aromatic rings. The monoisotopic (exact) mass is 308 g/mol. The molecule has 1 N–H and O–H groups in total. The van der Waals surface area contributed by atoms with E-state index >= 15 is 0 Å². The number of carbonyl (C=O) groups is 2. The van der Waals surface area contributed by atoms with Crippen molar-refractivity contribution in [3.05, 3.63) is 12.3 Å². The molecular weight excluding hydrogens is 288 g/mol. The summed E-state index contributed by atoms with van der Waals surface area (Å²) in [5, 5.41) is 0. The Balaban J connectivity index is 3.68. The lowest BCUT2D eigenvalue weighted by Crippen LogP contribution is -2.13. The fourth-order valence-corrected chi connectivity index (χ4v) is 1.62. The number of esters is 1. The van der Waals surface area contributed by atoms with Crippen molar-refractivity contribution in [1.29, 1.82) is 0 Å². The summed E-state index contributed by atoms with van der Waals surface area (Å²) < 4.78 is 36.9. The van der Waals surface area contributed by atoms with Gasteiger partial charge in [0.25, 0.3) is 0 Å². The molecule has 0 saturated carbocycles. The second kappa shape index (κ2) is 10.4. The van der Waals surface area contributed by atoms with Crippen LogP contribution in [0.5, 0.6) is 0 Å². The highest BCUT2D eigenvalue weighted by atomic mass is 32.3. The zero-order valence-corrected chi connectivity index (χ0v) is 12.2. The number of unbranched alkanes of at least 4 members (excludes halogenated alkanes) is 4. The molecule has 0 bridgehead atoms. The van der Waals surface area contributed by atoms with E-state index in [-0.39, 0.29) is 6.42 Å². The molecule has 0 heterocycles. The highest BCUT2D eigenvalue weighted by Crippen LogP contribution is 2.03. The van der Waals surface area contributed by atoms with Crippen molar-refractivity contribution >= 4 is 22.3 Å². The van der Waals surface area contributed by atoms with Crippen molar-refractivity contribution in [2.45, 2.75) is 51.9 Å². The smallest absolute Gasteiger partial charge is 0.435 e. The fourth-order valence-electron chi connectivity index (χ4n) is 1.30. The van der Waals surface area contributed by atoms with E-state index in [0.29, 0.717) is 0 Å². The van der Waals surface area contributed by atoms with Gasteiger partial charge in [0.1, 0.15) is 0 Å². The first-order chi connectivity index (χ1) is 9.35. The Morgan fingerprint density at radius 3 is 2.35 bits per heavy atom. The van der Waals surface area contributed by atoms with Crippen molar-refractivity contribution in [3.8, 4) is 0 Å². The van der Waals surface area contributed by atoms with Gasteiger partial charge in [-0.1, -0.05) is 26.2 Å². The molecule has 0 spiro atoms. The van der Waals surface area contributed by atoms with E-state index in [2.05, 4.69) is 15.8 Å². The van der Waals surface area contributed by atoms with E-state index in [0.717, 1.165) is 25.7 Å². The summed E-state index contributed by atoms with van der Waals surface area (Å²) in [7, 11) is -4.82. The molecule has 0 fully saturated rings. The van der Waals surface area contributed by atoms with Gasteiger partial charge in [-0.2, -0.15) is 8.42 Å². The maximum Gasteiger partial charge on any atom is 0.448 e. The summed E-state index contributed by atoms with van der Waals surface area (Å²) in [5.74, 6) is -1.89. The van der Waals surface area contributed by atoms with Gasteiger partial charge in [0.15, 0.2) is 0 Å². The molecule has 7 nitrogen and oxygen atoms in total. The van der Waals surface area contributed by atoms with E-state index in [9.17, 15) is 18.0 Å². The summed E-state index contributed by atoms with van der Waals surface area (Å²) in [4.78, 5) is 22.0. The highest BCUT2D eigenvalue weighted by molar-refractivity contribution is 7.81. The molecule has 0 rings (SSSR count). The van der Waals surface area contributed by atoms with Gasteiger partial charge < -0.3 is 8.92 Å². The summed E-state index contributed by atoms with van der Waals surface area (Å²) in [6, 6.07) is 0. The van der Waals surface area contributed by atoms with Gasteiger partial charge in [0.2, 0.25) is 0 Å². The molecule has 0 unspecified atom stereocenters. The van der Waals surface area contributed by atoms with Crippen LogP contribution in [0.2, 0.25) is 0 Å². The van der Waals surface area contributed by atoms with Gasteiger partial charge >= 0.3 is 22.3 Å². The molecule has 0 aliphatic carbocycles. The maximum absolute atomic E-state index is 11.2. The molecule has 116 valence electrons. The van der Waals surface area contributed by atoms with E-state index in [4.69, 9.17) is 4.55 Å². The summed E-state index contributed by atoms with van der Waals surface area (Å²) in [5.41, 5.74) is 0. The normalized spacial score (nSPS) is 11.5. The quantitative estimate of drug-likeness (QED) is 0.285. The Kier molecular flexibility index (Phi) is 9.65. The molecule has 20 heavy (non-hydrogen) atoms. The molecule has 8 heteroatoms. The fraction of sp³-hybridized carbons (Fsp3) is 0.667. The van der Waals surface area contributed by atoms with Gasteiger partial charge in [0.05, 0.1) is 19.1 Å². The highest BCUT2D eigenvalue weighted by Gasteiger charge is 2.14. The van der Waals surface area contributed by atoms with Crippen molar-refractivity contribution < 1.29 is 31.5 Å². The lowest BCUT2D eigenvalue weighted by Gasteiger charge is -2.00. The minimum atomic E-state index is -4.82. The second-order valence-electron chi connectivity index (χ2n) is 4.09. The zero-order valence-electron chi connectivity index (χ0n) is 11.4. The van der Waals surface area contributed by atoms with Crippen LogP contribution in [0.1, 0.15) is 51.9 Å². The average molecular weight is 308 g/mol. The largest absolute Gasteiger partial charge is 0.448 e. The molecule has 0 aromatic heterocycles. The Hall–Kier alpha value is -1.41. The van der Waals surface area contributed by atoms with Crippen molar-refractivity contribution in [2.24, 2.45) is 0 Å². The van der Waals surface area contributed by atoms with Gasteiger partial charge in [-0.25, -0.2) is 0 Å². The third-order valence-corrected chi connectivity index (χ3v) is 2.65. The molecule has 0 aliphatic heterocycles. The predicted octanol–water partition coefficient (Wildman–Crippen LogP) is 2.14. The van der Waals surface area contributed by atoms with Crippen molar-refractivity contribution in [3.63, 3.8) is 0 Å². The zero-order chi connectivity index (χ0) is 15.4. The first kappa shape index (κ1) is 18.6. The number of rotatable bonds is 10. The molecule has 0 amide bonds. The Bertz CT molecular complexity index is 425. The van der Waals surface area contributed by atoms with Crippen LogP contribution in [-0.4, -0.2) is 24.9 Å². The van der Waals surface area contributed by atoms with E-state index in [1.54, 1.807) is 6.08 Å². The third-order valence-electron chi connectivity index (χ3n) is 2.25. The summed E-state index contributed by atoms with van der Waals surface area (Å²) >= 11 is 0. The molecule has 0 atom stereocenters. The predicted molar refractivity (Wildman–Crippen MR) is 70.9 cm³/mol. The standard InChI is InChI=1S/C12H20O7S/c1-2-3-4-5-6-7-10-18-11(13)8-9-12(14)19-20(15,16)17/h7,10H,2-6,8-9H2,1H3,(H,15,16,17). The molecule has 0 aromatic carbocycles. The van der Waals surface area contributed by atoms with Crippen LogP contribution in [-0.2, 0) is 28.9 Å². The van der Waals surface area contributed by atoms with E-state index in [1.165, 1.54) is 12.7 Å². The van der Waals surface area contributed by atoms with Crippen LogP contribution in [0.15, 0.2) is 12.3 Å². The Morgan fingerprint density at radius 2 is 1.75 bits per heavy atom. The van der Waals surface area contributed by atoms with Gasteiger partial charge in [-0.05, 0) is 18.9 Å². The van der Waals surface area contributed by atoms with Crippen LogP contribution in [0.3, 0.4) is 0 Å². The maximum atomic E-state index is 11.2. The van der Waals surface area contributed by atoms with E-state index < -0.39 is 28.8 Å². The minimum Gasteiger partial charge on any atom is -0.435 e. The lowest BCUT2D eigenvalue weighted by atomic mass is 10.1. The number of hydrogen-bond donors (Lipinski definition) is 1. The number of carbonyl (C=O) groups excluding carboxylic acids is 2. The number of ether oxygens (including phenoxy) is 1. The first-order valence-electron chi connectivity index (χ1n) is 6.39. The Morgan fingerprint density at radius 1 is 1.10 bits per heavy atom. The SMILES string of the molecule is CCCCCCC=COC(=O)CCC(=O)OS(=O)(=O)O. The lowest BCUT2D eigenvalue weighted by molar-refractivity contribution is -0.142. The van der Waals surface area contributed by atoms with Gasteiger partial charge in [-0.3, -0.25) is 14.1 Å². The van der Waals surface area contributed by atoms with Gasteiger partial charge in [-0.15, -0.1) is 0 Å². The second-order valence-corrected chi connectivity index (χ2v) is 5.12. The van der Waals surface area contributed by atoms with Gasteiger partial charge in [0, 0.05) is 0 Å². The minimum absolute atomic E-state index is 0.325. The topological polar surface area (TPSA) is 107 Å². The summed E-state index contributed by atoms with van der Waals surface area (Å²) in [6.45, 7) is 2.12. The van der Waals surface area contributed by atoms with Crippen LogP contribution < -0.4 is 0 Å². The molecule has 0 radical (unpaired) electrons. The average Bonchev–Trinajstić information content (AvgIpc) is 2.33. The molecule has 0 saturated heterocycles. The van der Waals surface area contributed by atoms with Crippen LogP contribution >= 0.6 is 0 Å². The number of allylic oxidation sites excluding steroid dienone is 1. The van der Waals surface area contributed by atoms with Crippen LogP contribution in [0.25, 0.3) is 0 Å². The summed E-state index contributed by atoms with van der Waals surface area (Å²) in [6.07, 6.45) is 7.42. The van der Waals surface area contributed by atoms with E-state index in [1.807, 2.05) is 0 Å². The van der Waals surface area contributed by atoms with Crippen LogP contribution in [0, 0.1) is 0 Å². The van der Waals surface area contributed by atoms with Crippen molar-refractivity contribution in [1.82, 2.24) is 0 Å².